The Morgan fingerprint density at radius 1 is 1.00 bits per heavy atom. The lowest BCUT2D eigenvalue weighted by Crippen LogP contribution is -2.33. The Bertz CT molecular complexity index is 34.3. The third-order valence-corrected chi connectivity index (χ3v) is 0.949. The standard InChI is InChI=1S/C5H14N.C2H6.CH4/c1-5-6(2,3)4;1-2;/h5H2,1-4H3;1-2H3;1H4/q+1;;. The quantitative estimate of drug-likeness (QED) is 0.483. The van der Waals surface area contributed by atoms with Gasteiger partial charge in [-0.05, 0) is 6.92 Å². The van der Waals surface area contributed by atoms with Crippen molar-refractivity contribution < 1.29 is 4.48 Å². The molecule has 0 radical (unpaired) electrons. The van der Waals surface area contributed by atoms with Crippen LogP contribution in [0, 0.1) is 0 Å². The molecule has 0 aliphatic carbocycles. The maximum absolute atomic E-state index is 2.18. The van der Waals surface area contributed by atoms with Gasteiger partial charge in [0.1, 0.15) is 0 Å². The SMILES string of the molecule is C.CC.CC[N+](C)(C)C. The van der Waals surface area contributed by atoms with Crippen molar-refractivity contribution in [1.29, 1.82) is 0 Å². The van der Waals surface area contributed by atoms with Crippen LogP contribution < -0.4 is 0 Å². The van der Waals surface area contributed by atoms with Crippen LogP contribution in [0.25, 0.3) is 0 Å². The van der Waals surface area contributed by atoms with Gasteiger partial charge in [0.25, 0.3) is 0 Å². The van der Waals surface area contributed by atoms with Gasteiger partial charge in [0.15, 0.2) is 0 Å². The molecule has 0 N–H and O–H groups in total. The summed E-state index contributed by atoms with van der Waals surface area (Å²) in [5, 5.41) is 0. The van der Waals surface area contributed by atoms with E-state index in [-0.39, 0.29) is 7.43 Å². The molecule has 0 aliphatic rings. The molecular formula is C8H24N+. The van der Waals surface area contributed by atoms with Crippen LogP contribution in [0.3, 0.4) is 0 Å². The molecule has 0 saturated heterocycles. The Labute approximate surface area is 61.3 Å². The highest BCUT2D eigenvalue weighted by Crippen LogP contribution is 1.83. The number of hydrogen-bond acceptors (Lipinski definition) is 0. The molecule has 0 fully saturated rings. The van der Waals surface area contributed by atoms with E-state index in [1.165, 1.54) is 6.54 Å². The number of quaternary nitrogens is 1. The van der Waals surface area contributed by atoms with Crippen molar-refractivity contribution >= 4 is 0 Å². The third kappa shape index (κ3) is 32.3. The molecule has 0 saturated carbocycles. The van der Waals surface area contributed by atoms with E-state index >= 15 is 0 Å². The smallest absolute Gasteiger partial charge is 0.0751 e. The van der Waals surface area contributed by atoms with Crippen molar-refractivity contribution in [3.05, 3.63) is 0 Å². The van der Waals surface area contributed by atoms with Crippen molar-refractivity contribution in [3.63, 3.8) is 0 Å². The molecule has 1 heteroatoms. The summed E-state index contributed by atoms with van der Waals surface area (Å²) in [6.07, 6.45) is 0. The first kappa shape index (κ1) is 16.0. The second kappa shape index (κ2) is 7.96. The highest BCUT2D eigenvalue weighted by Gasteiger charge is 1.97. The van der Waals surface area contributed by atoms with Crippen LogP contribution in [-0.4, -0.2) is 32.2 Å². The summed E-state index contributed by atoms with van der Waals surface area (Å²) >= 11 is 0. The molecule has 60 valence electrons. The van der Waals surface area contributed by atoms with Crippen molar-refractivity contribution in [2.45, 2.75) is 28.2 Å². The van der Waals surface area contributed by atoms with Crippen LogP contribution in [0.4, 0.5) is 0 Å². The van der Waals surface area contributed by atoms with Crippen molar-refractivity contribution in [2.75, 3.05) is 27.7 Å². The number of hydrogen-bond donors (Lipinski definition) is 0. The fourth-order valence-electron chi connectivity index (χ4n) is 0. The summed E-state index contributed by atoms with van der Waals surface area (Å²) < 4.78 is 1.07. The lowest BCUT2D eigenvalue weighted by Gasteiger charge is -2.20. The van der Waals surface area contributed by atoms with E-state index in [0.29, 0.717) is 0 Å². The molecule has 0 bridgehead atoms. The lowest BCUT2D eigenvalue weighted by atomic mass is 10.6. The van der Waals surface area contributed by atoms with Gasteiger partial charge in [-0.3, -0.25) is 0 Å². The van der Waals surface area contributed by atoms with E-state index in [1.807, 2.05) is 13.8 Å². The Kier molecular flexibility index (Phi) is 14.1. The molecule has 0 aliphatic heterocycles. The van der Waals surface area contributed by atoms with Crippen LogP contribution in [0.5, 0.6) is 0 Å². The number of rotatable bonds is 1. The molecule has 9 heavy (non-hydrogen) atoms. The molecule has 0 spiro atoms. The molecule has 0 heterocycles. The summed E-state index contributed by atoms with van der Waals surface area (Å²) in [6, 6.07) is 0. The summed E-state index contributed by atoms with van der Waals surface area (Å²) in [5.41, 5.74) is 0. The molecule has 1 nitrogen and oxygen atoms in total. The van der Waals surface area contributed by atoms with Crippen LogP contribution >= 0.6 is 0 Å². The van der Waals surface area contributed by atoms with Gasteiger partial charge in [-0.1, -0.05) is 21.3 Å². The van der Waals surface area contributed by atoms with E-state index in [9.17, 15) is 0 Å². The van der Waals surface area contributed by atoms with Crippen LogP contribution in [0.15, 0.2) is 0 Å². The minimum atomic E-state index is 0. The van der Waals surface area contributed by atoms with Crippen LogP contribution in [0.2, 0.25) is 0 Å². The molecule has 0 rings (SSSR count). The monoisotopic (exact) mass is 134 g/mol. The van der Waals surface area contributed by atoms with Crippen molar-refractivity contribution in [2.24, 2.45) is 0 Å². The van der Waals surface area contributed by atoms with Gasteiger partial charge in [-0.2, -0.15) is 0 Å². The van der Waals surface area contributed by atoms with Gasteiger partial charge < -0.3 is 4.48 Å². The van der Waals surface area contributed by atoms with Crippen LogP contribution in [0.1, 0.15) is 28.2 Å². The van der Waals surface area contributed by atoms with Crippen molar-refractivity contribution in [1.82, 2.24) is 0 Å². The topological polar surface area (TPSA) is 0 Å². The average molecular weight is 134 g/mol. The first-order valence-corrected chi connectivity index (χ1v) is 3.36. The van der Waals surface area contributed by atoms with Gasteiger partial charge in [0.05, 0.1) is 27.7 Å². The Balaban J connectivity index is -0.000000109. The predicted molar refractivity (Wildman–Crippen MR) is 46.7 cm³/mol. The van der Waals surface area contributed by atoms with E-state index < -0.39 is 0 Å². The fraction of sp³-hybridized carbons (Fsp3) is 1.00. The van der Waals surface area contributed by atoms with E-state index in [2.05, 4.69) is 28.1 Å². The highest BCUT2D eigenvalue weighted by molar-refractivity contribution is 4.06. The molecule has 0 aromatic carbocycles. The predicted octanol–water partition coefficient (Wildman–Crippen LogP) is 2.37. The van der Waals surface area contributed by atoms with Gasteiger partial charge in [0.2, 0.25) is 0 Å². The third-order valence-electron chi connectivity index (χ3n) is 0.949. The maximum Gasteiger partial charge on any atom is 0.0751 e. The molecule has 0 amide bonds. The molecule has 0 atom stereocenters. The van der Waals surface area contributed by atoms with E-state index in [4.69, 9.17) is 0 Å². The van der Waals surface area contributed by atoms with Gasteiger partial charge in [-0.15, -0.1) is 0 Å². The minimum absolute atomic E-state index is 0. The van der Waals surface area contributed by atoms with Gasteiger partial charge in [-0.25, -0.2) is 0 Å². The zero-order chi connectivity index (χ0) is 7.21. The van der Waals surface area contributed by atoms with Gasteiger partial charge in [0, 0.05) is 0 Å². The van der Waals surface area contributed by atoms with E-state index in [1.54, 1.807) is 0 Å². The number of nitrogens with zero attached hydrogens (tertiary/aromatic N) is 1. The Hall–Kier alpha value is -0.0400. The molecule has 0 aromatic rings. The van der Waals surface area contributed by atoms with Crippen LogP contribution in [-0.2, 0) is 0 Å². The Morgan fingerprint density at radius 2 is 1.11 bits per heavy atom. The van der Waals surface area contributed by atoms with E-state index in [0.717, 1.165) is 4.48 Å². The molecule has 0 aromatic heterocycles. The summed E-state index contributed by atoms with van der Waals surface area (Å²) in [7, 11) is 6.54. The minimum Gasteiger partial charge on any atom is -0.331 e. The average Bonchev–Trinajstić information content (AvgIpc) is 1.71. The van der Waals surface area contributed by atoms with Gasteiger partial charge >= 0.3 is 0 Å². The second-order valence-electron chi connectivity index (χ2n) is 2.61. The summed E-state index contributed by atoms with van der Waals surface area (Å²) in [5.74, 6) is 0. The zero-order valence-electron chi connectivity index (χ0n) is 7.15. The first-order valence-electron chi connectivity index (χ1n) is 3.36. The summed E-state index contributed by atoms with van der Waals surface area (Å²) in [6.45, 7) is 7.39. The maximum atomic E-state index is 2.18. The highest BCUT2D eigenvalue weighted by atomic mass is 15.3. The normalized spacial score (nSPS) is 8.67. The molecular weight excluding hydrogens is 110 g/mol. The molecule has 0 unspecified atom stereocenters. The Morgan fingerprint density at radius 3 is 1.11 bits per heavy atom. The zero-order valence-corrected chi connectivity index (χ0v) is 7.15. The summed E-state index contributed by atoms with van der Waals surface area (Å²) in [4.78, 5) is 0. The second-order valence-corrected chi connectivity index (χ2v) is 2.61. The van der Waals surface area contributed by atoms with Crippen molar-refractivity contribution in [3.8, 4) is 0 Å². The lowest BCUT2D eigenvalue weighted by molar-refractivity contribution is -0.868. The first-order chi connectivity index (χ1) is 3.56. The fourth-order valence-corrected chi connectivity index (χ4v) is 0. The largest absolute Gasteiger partial charge is 0.331 e.